The molecule has 1 unspecified atom stereocenters. The maximum absolute atomic E-state index is 5.89. The summed E-state index contributed by atoms with van der Waals surface area (Å²) in [6.45, 7) is 8.24. The normalized spacial score (nSPS) is 17.4. The monoisotopic (exact) mass is 284 g/mol. The van der Waals surface area contributed by atoms with Gasteiger partial charge in [-0.25, -0.2) is 0 Å². The zero-order valence-corrected chi connectivity index (χ0v) is 12.2. The Hall–Kier alpha value is -1.14. The number of anilines is 2. The summed E-state index contributed by atoms with van der Waals surface area (Å²) in [5.41, 5.74) is 0. The van der Waals surface area contributed by atoms with Crippen molar-refractivity contribution >= 4 is 23.5 Å². The van der Waals surface area contributed by atoms with Gasteiger partial charge in [0.1, 0.15) is 0 Å². The van der Waals surface area contributed by atoms with Gasteiger partial charge in [-0.05, 0) is 51.4 Å². The van der Waals surface area contributed by atoms with Crippen LogP contribution in [-0.4, -0.2) is 52.1 Å². The molecule has 7 heteroatoms. The van der Waals surface area contributed by atoms with Crippen molar-refractivity contribution in [1.29, 1.82) is 0 Å². The average Bonchev–Trinajstić information content (AvgIpc) is 2.81. The molecular weight excluding hydrogens is 264 g/mol. The number of halogens is 1. The number of rotatable bonds is 6. The number of nitrogens with one attached hydrogen (secondary N) is 2. The van der Waals surface area contributed by atoms with E-state index in [1.165, 1.54) is 25.9 Å². The van der Waals surface area contributed by atoms with Crippen molar-refractivity contribution in [2.45, 2.75) is 32.7 Å². The zero-order valence-electron chi connectivity index (χ0n) is 11.5. The molecule has 0 aliphatic carbocycles. The molecule has 1 saturated heterocycles. The Morgan fingerprint density at radius 1 is 1.21 bits per heavy atom. The third-order valence-corrected chi connectivity index (χ3v) is 3.22. The second-order valence-corrected chi connectivity index (χ2v) is 5.17. The van der Waals surface area contributed by atoms with E-state index in [9.17, 15) is 0 Å². The highest BCUT2D eigenvalue weighted by Gasteiger charge is 2.15. The van der Waals surface area contributed by atoms with Gasteiger partial charge in [-0.3, -0.25) is 0 Å². The smallest absolute Gasteiger partial charge is 0.229 e. The van der Waals surface area contributed by atoms with Gasteiger partial charge in [-0.15, -0.1) is 0 Å². The molecule has 2 N–H and O–H groups in total. The molecule has 2 heterocycles. The first kappa shape index (κ1) is 14.3. The van der Waals surface area contributed by atoms with E-state index in [-0.39, 0.29) is 11.3 Å². The van der Waals surface area contributed by atoms with Crippen LogP contribution in [0.25, 0.3) is 0 Å². The van der Waals surface area contributed by atoms with Crippen LogP contribution in [0.3, 0.4) is 0 Å². The van der Waals surface area contributed by atoms with Crippen molar-refractivity contribution in [2.24, 2.45) is 0 Å². The minimum atomic E-state index is 0.210. The van der Waals surface area contributed by atoms with E-state index in [2.05, 4.69) is 37.4 Å². The SMILES string of the molecule is CCNc1nc(Cl)nc(NC(C)CN2CCCC2)n1. The zero-order chi connectivity index (χ0) is 13.7. The van der Waals surface area contributed by atoms with E-state index in [1.807, 2.05) is 6.92 Å². The highest BCUT2D eigenvalue weighted by atomic mass is 35.5. The molecule has 1 atom stereocenters. The molecule has 0 saturated carbocycles. The second kappa shape index (κ2) is 6.86. The molecule has 0 amide bonds. The Labute approximate surface area is 119 Å². The fourth-order valence-electron chi connectivity index (χ4n) is 2.27. The number of nitrogens with zero attached hydrogens (tertiary/aromatic N) is 4. The summed E-state index contributed by atoms with van der Waals surface area (Å²) in [5, 5.41) is 6.53. The summed E-state index contributed by atoms with van der Waals surface area (Å²) in [6.07, 6.45) is 2.60. The van der Waals surface area contributed by atoms with Gasteiger partial charge in [0, 0.05) is 19.1 Å². The Bertz CT molecular complexity index is 407. The van der Waals surface area contributed by atoms with E-state index in [1.54, 1.807) is 0 Å². The summed E-state index contributed by atoms with van der Waals surface area (Å²) >= 11 is 5.89. The second-order valence-electron chi connectivity index (χ2n) is 4.84. The Balaban J connectivity index is 1.93. The number of hydrogen-bond donors (Lipinski definition) is 2. The van der Waals surface area contributed by atoms with Crippen LogP contribution in [-0.2, 0) is 0 Å². The van der Waals surface area contributed by atoms with Crippen molar-refractivity contribution in [1.82, 2.24) is 19.9 Å². The van der Waals surface area contributed by atoms with Crippen LogP contribution >= 0.6 is 11.6 Å². The summed E-state index contributed by atoms with van der Waals surface area (Å²) in [4.78, 5) is 14.9. The highest BCUT2D eigenvalue weighted by molar-refractivity contribution is 6.28. The van der Waals surface area contributed by atoms with Crippen LogP contribution < -0.4 is 10.6 Å². The van der Waals surface area contributed by atoms with Crippen molar-refractivity contribution < 1.29 is 0 Å². The first-order valence-electron chi connectivity index (χ1n) is 6.81. The molecule has 1 fully saturated rings. The fraction of sp³-hybridized carbons (Fsp3) is 0.750. The minimum absolute atomic E-state index is 0.210. The van der Waals surface area contributed by atoms with Crippen molar-refractivity contribution in [2.75, 3.05) is 36.8 Å². The quantitative estimate of drug-likeness (QED) is 0.831. The van der Waals surface area contributed by atoms with Gasteiger partial charge in [0.15, 0.2) is 0 Å². The van der Waals surface area contributed by atoms with Crippen molar-refractivity contribution in [3.05, 3.63) is 5.28 Å². The average molecular weight is 285 g/mol. The molecule has 1 aliphatic heterocycles. The Morgan fingerprint density at radius 2 is 1.89 bits per heavy atom. The highest BCUT2D eigenvalue weighted by Crippen LogP contribution is 2.12. The third-order valence-electron chi connectivity index (χ3n) is 3.05. The van der Waals surface area contributed by atoms with Crippen LogP contribution in [0, 0.1) is 0 Å². The Morgan fingerprint density at radius 3 is 2.58 bits per heavy atom. The van der Waals surface area contributed by atoms with Gasteiger partial charge in [-0.1, -0.05) is 0 Å². The molecular formula is C12H21ClN6. The van der Waals surface area contributed by atoms with Gasteiger partial charge in [-0.2, -0.15) is 15.0 Å². The first-order valence-corrected chi connectivity index (χ1v) is 7.19. The maximum atomic E-state index is 5.89. The lowest BCUT2D eigenvalue weighted by atomic mass is 10.3. The van der Waals surface area contributed by atoms with E-state index in [0.29, 0.717) is 11.9 Å². The predicted molar refractivity (Wildman–Crippen MR) is 77.8 cm³/mol. The summed E-state index contributed by atoms with van der Waals surface area (Å²) < 4.78 is 0. The van der Waals surface area contributed by atoms with Gasteiger partial charge in [0.05, 0.1) is 0 Å². The van der Waals surface area contributed by atoms with Crippen LogP contribution in [0.1, 0.15) is 26.7 Å². The van der Waals surface area contributed by atoms with Crippen LogP contribution in [0.4, 0.5) is 11.9 Å². The molecule has 106 valence electrons. The molecule has 1 aromatic heterocycles. The molecule has 1 aliphatic rings. The van der Waals surface area contributed by atoms with Crippen molar-refractivity contribution in [3.63, 3.8) is 0 Å². The van der Waals surface area contributed by atoms with Crippen LogP contribution in [0.5, 0.6) is 0 Å². The predicted octanol–water partition coefficient (Wildman–Crippen LogP) is 1.85. The lowest BCUT2D eigenvalue weighted by molar-refractivity contribution is 0.327. The van der Waals surface area contributed by atoms with Gasteiger partial charge in [0.25, 0.3) is 0 Å². The molecule has 6 nitrogen and oxygen atoms in total. The van der Waals surface area contributed by atoms with Gasteiger partial charge in [0.2, 0.25) is 17.2 Å². The molecule has 19 heavy (non-hydrogen) atoms. The number of likely N-dealkylation sites (tertiary alicyclic amines) is 1. The molecule has 2 rings (SSSR count). The summed E-state index contributed by atoms with van der Waals surface area (Å²) in [7, 11) is 0. The topological polar surface area (TPSA) is 66.0 Å². The van der Waals surface area contributed by atoms with Gasteiger partial charge < -0.3 is 15.5 Å². The number of hydrogen-bond acceptors (Lipinski definition) is 6. The Kier molecular flexibility index (Phi) is 5.15. The standard InChI is InChI=1S/C12H21ClN6/c1-3-14-11-16-10(13)17-12(18-11)15-9(2)8-19-6-4-5-7-19/h9H,3-8H2,1-2H3,(H2,14,15,16,17,18). The number of aromatic nitrogens is 3. The lowest BCUT2D eigenvalue weighted by Crippen LogP contribution is -2.33. The summed E-state index contributed by atoms with van der Waals surface area (Å²) in [5.74, 6) is 1.04. The molecule has 0 bridgehead atoms. The van der Waals surface area contributed by atoms with E-state index in [4.69, 9.17) is 11.6 Å². The van der Waals surface area contributed by atoms with Gasteiger partial charge >= 0.3 is 0 Å². The third kappa shape index (κ3) is 4.47. The first-order chi connectivity index (χ1) is 9.17. The van der Waals surface area contributed by atoms with Crippen LogP contribution in [0.2, 0.25) is 5.28 Å². The summed E-state index contributed by atoms with van der Waals surface area (Å²) in [6, 6.07) is 0.283. The van der Waals surface area contributed by atoms with E-state index >= 15 is 0 Å². The molecule has 1 aromatic rings. The molecule has 0 spiro atoms. The molecule has 0 radical (unpaired) electrons. The van der Waals surface area contributed by atoms with Crippen molar-refractivity contribution in [3.8, 4) is 0 Å². The van der Waals surface area contributed by atoms with Crippen LogP contribution in [0.15, 0.2) is 0 Å². The fourth-order valence-corrected chi connectivity index (χ4v) is 2.43. The van der Waals surface area contributed by atoms with E-state index < -0.39 is 0 Å². The van der Waals surface area contributed by atoms with E-state index in [0.717, 1.165) is 13.1 Å². The lowest BCUT2D eigenvalue weighted by Gasteiger charge is -2.21. The molecule has 0 aromatic carbocycles. The maximum Gasteiger partial charge on any atom is 0.229 e. The minimum Gasteiger partial charge on any atom is -0.354 e. The largest absolute Gasteiger partial charge is 0.354 e.